The van der Waals surface area contributed by atoms with Gasteiger partial charge in [0.15, 0.2) is 0 Å². The van der Waals surface area contributed by atoms with Gasteiger partial charge in [-0.05, 0) is 61.7 Å². The Morgan fingerprint density at radius 2 is 1.90 bits per heavy atom. The smallest absolute Gasteiger partial charge is 0.248 e. The number of primary amides is 1. The van der Waals surface area contributed by atoms with E-state index in [-0.39, 0.29) is 11.8 Å². The number of nitrogens with two attached hydrogens (primary N) is 1. The van der Waals surface area contributed by atoms with Crippen LogP contribution in [-0.2, 0) is 4.79 Å². The van der Waals surface area contributed by atoms with E-state index in [1.807, 2.05) is 12.1 Å². The molecule has 0 aliphatic carbocycles. The number of nitrogens with zero attached hydrogens (tertiary/aromatic N) is 2. The van der Waals surface area contributed by atoms with Crippen molar-refractivity contribution in [3.63, 3.8) is 0 Å². The summed E-state index contributed by atoms with van der Waals surface area (Å²) in [6.45, 7) is 7.25. The van der Waals surface area contributed by atoms with Crippen LogP contribution in [-0.4, -0.2) is 49.4 Å². The zero-order valence-corrected chi connectivity index (χ0v) is 18.6. The minimum Gasteiger partial charge on any atom is -0.369 e. The Kier molecular flexibility index (Phi) is 6.49. The van der Waals surface area contributed by atoms with Gasteiger partial charge in [-0.15, -0.1) is 0 Å². The molecule has 2 aromatic carbocycles. The molecule has 0 spiro atoms. The van der Waals surface area contributed by atoms with Crippen molar-refractivity contribution < 1.29 is 9.59 Å². The topological polar surface area (TPSA) is 78.7 Å². The lowest BCUT2D eigenvalue weighted by Gasteiger charge is -2.37. The molecule has 31 heavy (non-hydrogen) atoms. The molecule has 1 atom stereocenters. The maximum atomic E-state index is 12.4. The Balaban J connectivity index is 1.23. The molecule has 2 aliphatic heterocycles. The summed E-state index contributed by atoms with van der Waals surface area (Å²) in [5, 5.41) is 3.67. The summed E-state index contributed by atoms with van der Waals surface area (Å²) in [5.74, 6) is -0.604. The molecule has 2 amide bonds. The molecular formula is C24H29ClN4O2. The number of anilines is 2. The number of nitrogens with one attached hydrogen (secondary N) is 1. The number of amides is 2. The van der Waals surface area contributed by atoms with E-state index in [0.29, 0.717) is 5.56 Å². The van der Waals surface area contributed by atoms with Crippen LogP contribution in [0.25, 0.3) is 0 Å². The lowest BCUT2D eigenvalue weighted by molar-refractivity contribution is -0.117. The van der Waals surface area contributed by atoms with E-state index < -0.39 is 5.91 Å². The van der Waals surface area contributed by atoms with Crippen LogP contribution in [0.5, 0.6) is 0 Å². The molecule has 164 valence electrons. The zero-order chi connectivity index (χ0) is 22.0. The SMILES string of the molecule is Cc1ccc(Cl)cc1N1CCN(CCCCC2C(=O)Nc3cc(C(N)=O)ccc32)CC1. The molecule has 1 unspecified atom stereocenters. The minimum atomic E-state index is -0.480. The van der Waals surface area contributed by atoms with Gasteiger partial charge in [0.25, 0.3) is 0 Å². The molecule has 0 aromatic heterocycles. The Labute approximate surface area is 188 Å². The molecular weight excluding hydrogens is 412 g/mol. The second-order valence-corrected chi connectivity index (χ2v) is 8.90. The van der Waals surface area contributed by atoms with Gasteiger partial charge in [0.2, 0.25) is 11.8 Å². The number of piperazine rings is 1. The largest absolute Gasteiger partial charge is 0.369 e. The number of fused-ring (bicyclic) bond motifs is 1. The predicted octanol–water partition coefficient (Wildman–Crippen LogP) is 3.78. The molecule has 0 saturated carbocycles. The molecule has 6 nitrogen and oxygen atoms in total. The fourth-order valence-corrected chi connectivity index (χ4v) is 4.76. The predicted molar refractivity (Wildman–Crippen MR) is 125 cm³/mol. The van der Waals surface area contributed by atoms with Crippen molar-refractivity contribution in [3.05, 3.63) is 58.1 Å². The summed E-state index contributed by atoms with van der Waals surface area (Å²) >= 11 is 6.18. The van der Waals surface area contributed by atoms with Crippen LogP contribution in [0, 0.1) is 6.92 Å². The van der Waals surface area contributed by atoms with Crippen LogP contribution in [0.3, 0.4) is 0 Å². The Morgan fingerprint density at radius 1 is 1.13 bits per heavy atom. The monoisotopic (exact) mass is 440 g/mol. The number of unbranched alkanes of at least 4 members (excludes halogenated alkanes) is 1. The lowest BCUT2D eigenvalue weighted by Crippen LogP contribution is -2.46. The third-order valence-electron chi connectivity index (χ3n) is 6.39. The number of rotatable bonds is 7. The molecule has 0 radical (unpaired) electrons. The zero-order valence-electron chi connectivity index (χ0n) is 17.9. The van der Waals surface area contributed by atoms with E-state index in [2.05, 4.69) is 34.2 Å². The van der Waals surface area contributed by atoms with E-state index in [0.717, 1.165) is 68.3 Å². The van der Waals surface area contributed by atoms with Gasteiger partial charge in [-0.3, -0.25) is 14.5 Å². The standard InChI is InChI=1S/C24H29ClN4O2/c1-16-5-7-18(25)15-22(16)29-12-10-28(11-13-29)9-3-2-4-20-19-8-6-17(23(26)30)14-21(19)27-24(20)31/h5-8,14-15,20H,2-4,9-13H2,1H3,(H2,26,30)(H,27,31). The Morgan fingerprint density at radius 3 is 2.65 bits per heavy atom. The Hall–Kier alpha value is -2.57. The van der Waals surface area contributed by atoms with Gasteiger partial charge in [-0.1, -0.05) is 30.2 Å². The van der Waals surface area contributed by atoms with Gasteiger partial charge in [0.05, 0.1) is 5.92 Å². The second kappa shape index (κ2) is 9.28. The fourth-order valence-electron chi connectivity index (χ4n) is 4.59. The van der Waals surface area contributed by atoms with Crippen LogP contribution in [0.4, 0.5) is 11.4 Å². The summed E-state index contributed by atoms with van der Waals surface area (Å²) < 4.78 is 0. The van der Waals surface area contributed by atoms with Gasteiger partial charge in [0, 0.05) is 48.1 Å². The highest BCUT2D eigenvalue weighted by molar-refractivity contribution is 6.30. The average molecular weight is 441 g/mol. The summed E-state index contributed by atoms with van der Waals surface area (Å²) in [6.07, 6.45) is 2.87. The van der Waals surface area contributed by atoms with Gasteiger partial charge in [0.1, 0.15) is 0 Å². The number of carbonyl (C=O) groups excluding carboxylic acids is 2. The Bertz CT molecular complexity index is 986. The lowest BCUT2D eigenvalue weighted by atomic mass is 9.94. The second-order valence-electron chi connectivity index (χ2n) is 8.46. The van der Waals surface area contributed by atoms with Crippen molar-refractivity contribution in [1.82, 2.24) is 4.90 Å². The van der Waals surface area contributed by atoms with Crippen molar-refractivity contribution in [2.75, 3.05) is 42.9 Å². The number of benzene rings is 2. The first kappa shape index (κ1) is 21.7. The molecule has 4 rings (SSSR count). The van der Waals surface area contributed by atoms with Crippen LogP contribution < -0.4 is 16.0 Å². The maximum Gasteiger partial charge on any atom is 0.248 e. The quantitative estimate of drug-likeness (QED) is 0.642. The third kappa shape index (κ3) is 4.86. The number of hydrogen-bond donors (Lipinski definition) is 2. The van der Waals surface area contributed by atoms with Gasteiger partial charge < -0.3 is 16.0 Å². The van der Waals surface area contributed by atoms with Crippen molar-refractivity contribution in [2.45, 2.75) is 32.1 Å². The summed E-state index contributed by atoms with van der Waals surface area (Å²) in [5.41, 5.74) is 9.95. The molecule has 1 fully saturated rings. The van der Waals surface area contributed by atoms with E-state index in [4.69, 9.17) is 17.3 Å². The normalized spacial score (nSPS) is 18.7. The minimum absolute atomic E-state index is 0.0159. The van der Waals surface area contributed by atoms with E-state index >= 15 is 0 Å². The van der Waals surface area contributed by atoms with Crippen molar-refractivity contribution in [3.8, 4) is 0 Å². The van der Waals surface area contributed by atoms with Crippen molar-refractivity contribution in [1.29, 1.82) is 0 Å². The van der Waals surface area contributed by atoms with Crippen LogP contribution in [0.15, 0.2) is 36.4 Å². The van der Waals surface area contributed by atoms with Crippen LogP contribution in [0.2, 0.25) is 5.02 Å². The van der Waals surface area contributed by atoms with Gasteiger partial charge in [-0.2, -0.15) is 0 Å². The van der Waals surface area contributed by atoms with E-state index in [1.165, 1.54) is 11.3 Å². The van der Waals surface area contributed by atoms with Crippen LogP contribution in [0.1, 0.15) is 46.7 Å². The van der Waals surface area contributed by atoms with Gasteiger partial charge >= 0.3 is 0 Å². The highest BCUT2D eigenvalue weighted by Crippen LogP contribution is 2.36. The molecule has 1 saturated heterocycles. The third-order valence-corrected chi connectivity index (χ3v) is 6.62. The molecule has 3 N–H and O–H groups in total. The molecule has 2 aliphatic rings. The number of hydrogen-bond acceptors (Lipinski definition) is 4. The first-order chi connectivity index (χ1) is 14.9. The van der Waals surface area contributed by atoms with E-state index in [1.54, 1.807) is 12.1 Å². The summed E-state index contributed by atoms with van der Waals surface area (Å²) in [6, 6.07) is 11.3. The van der Waals surface area contributed by atoms with Crippen molar-refractivity contribution in [2.24, 2.45) is 5.73 Å². The number of halogens is 1. The number of carbonyl (C=O) groups is 2. The summed E-state index contributed by atoms with van der Waals surface area (Å²) in [4.78, 5) is 28.6. The van der Waals surface area contributed by atoms with Crippen LogP contribution >= 0.6 is 11.6 Å². The molecule has 0 bridgehead atoms. The van der Waals surface area contributed by atoms with E-state index in [9.17, 15) is 9.59 Å². The first-order valence-electron chi connectivity index (χ1n) is 10.9. The molecule has 2 aromatic rings. The van der Waals surface area contributed by atoms with Crippen molar-refractivity contribution >= 4 is 34.8 Å². The highest BCUT2D eigenvalue weighted by atomic mass is 35.5. The average Bonchev–Trinajstić information content (AvgIpc) is 3.07. The first-order valence-corrected chi connectivity index (χ1v) is 11.3. The van der Waals surface area contributed by atoms with Gasteiger partial charge in [-0.25, -0.2) is 0 Å². The highest BCUT2D eigenvalue weighted by Gasteiger charge is 2.30. The fraction of sp³-hybridized carbons (Fsp3) is 0.417. The summed E-state index contributed by atoms with van der Waals surface area (Å²) in [7, 11) is 0. The molecule has 2 heterocycles. The maximum absolute atomic E-state index is 12.4. The number of aryl methyl sites for hydroxylation is 1. The molecule has 7 heteroatoms.